The molecule has 8 heteroatoms. The number of carbonyl (C=O) groups excluding carboxylic acids is 1. The van der Waals surface area contributed by atoms with Crippen molar-refractivity contribution in [3.63, 3.8) is 0 Å². The van der Waals surface area contributed by atoms with Crippen LogP contribution in [0, 0.1) is 5.92 Å². The van der Waals surface area contributed by atoms with Gasteiger partial charge < -0.3 is 4.74 Å². The minimum Gasteiger partial charge on any atom is -0.459 e. The first-order valence-electron chi connectivity index (χ1n) is 6.95. The highest BCUT2D eigenvalue weighted by Crippen LogP contribution is 2.39. The van der Waals surface area contributed by atoms with Gasteiger partial charge in [-0.3, -0.25) is 4.79 Å². The van der Waals surface area contributed by atoms with E-state index in [1.807, 2.05) is 13.8 Å². The zero-order chi connectivity index (χ0) is 17.8. The van der Waals surface area contributed by atoms with Crippen molar-refractivity contribution in [2.45, 2.75) is 70.4 Å². The maximum atomic E-state index is 12.9. The quantitative estimate of drug-likeness (QED) is 0.474. The van der Waals surface area contributed by atoms with Crippen LogP contribution in [0.25, 0.3) is 0 Å². The van der Waals surface area contributed by atoms with Crippen LogP contribution in [0.5, 0.6) is 0 Å². The Kier molecular flexibility index (Phi) is 7.65. The maximum absolute atomic E-state index is 12.9. The molecule has 132 valence electrons. The summed E-state index contributed by atoms with van der Waals surface area (Å²) in [6.07, 6.45) is -6.55. The first-order chi connectivity index (χ1) is 9.66. The first-order valence-corrected chi connectivity index (χ1v) is 7.99. The summed E-state index contributed by atoms with van der Waals surface area (Å²) in [5.41, 5.74) is -0.733. The lowest BCUT2D eigenvalue weighted by atomic mass is 10.1. The average Bonchev–Trinajstić information content (AvgIpc) is 2.22. The molecule has 0 aliphatic heterocycles. The van der Waals surface area contributed by atoms with Crippen LogP contribution in [0.3, 0.4) is 0 Å². The molecule has 0 aliphatic carbocycles. The van der Waals surface area contributed by atoms with Gasteiger partial charge in [-0.05, 0) is 33.1 Å². The van der Waals surface area contributed by atoms with Gasteiger partial charge in [-0.25, -0.2) is 0 Å². The molecule has 0 spiro atoms. The van der Waals surface area contributed by atoms with E-state index in [0.29, 0.717) is 6.42 Å². The van der Waals surface area contributed by atoms with Gasteiger partial charge >= 0.3 is 18.1 Å². The van der Waals surface area contributed by atoms with E-state index in [0.717, 1.165) is 11.8 Å². The van der Waals surface area contributed by atoms with Gasteiger partial charge in [0.2, 0.25) is 0 Å². The van der Waals surface area contributed by atoms with Gasteiger partial charge in [0.05, 0.1) is 0 Å². The summed E-state index contributed by atoms with van der Waals surface area (Å²) < 4.78 is 67.2. The van der Waals surface area contributed by atoms with Crippen LogP contribution in [-0.4, -0.2) is 34.7 Å². The van der Waals surface area contributed by atoms with E-state index in [1.165, 1.54) is 0 Å². The summed E-state index contributed by atoms with van der Waals surface area (Å²) in [6, 6.07) is 0. The van der Waals surface area contributed by atoms with Crippen LogP contribution in [-0.2, 0) is 9.53 Å². The number of rotatable bonds is 7. The molecule has 2 nitrogen and oxygen atoms in total. The van der Waals surface area contributed by atoms with E-state index in [2.05, 4.69) is 0 Å². The van der Waals surface area contributed by atoms with Gasteiger partial charge in [0.1, 0.15) is 10.9 Å². The van der Waals surface area contributed by atoms with Crippen molar-refractivity contribution in [3.05, 3.63) is 0 Å². The fourth-order valence-corrected chi connectivity index (χ4v) is 2.86. The molecule has 0 amide bonds. The highest BCUT2D eigenvalue weighted by molar-refractivity contribution is 8.00. The lowest BCUT2D eigenvalue weighted by Crippen LogP contribution is -2.37. The molecule has 0 aromatic heterocycles. The third-order valence-electron chi connectivity index (χ3n) is 2.50. The van der Waals surface area contributed by atoms with Crippen LogP contribution >= 0.6 is 11.8 Å². The molecule has 0 bridgehead atoms. The van der Waals surface area contributed by atoms with Crippen LogP contribution in [0.1, 0.15) is 47.5 Å². The molecule has 0 saturated carbocycles. The predicted octanol–water partition coefficient (Wildman–Crippen LogP) is 5.06. The molecule has 0 aliphatic rings. The minimum atomic E-state index is -5.56. The molecule has 0 heterocycles. The highest BCUT2D eigenvalue weighted by atomic mass is 32.2. The number of hydrogen-bond acceptors (Lipinski definition) is 3. The van der Waals surface area contributed by atoms with Crippen molar-refractivity contribution in [2.24, 2.45) is 5.92 Å². The number of esters is 1. The number of halogens is 5. The Labute approximate surface area is 132 Å². The van der Waals surface area contributed by atoms with Gasteiger partial charge in [-0.2, -0.15) is 22.0 Å². The van der Waals surface area contributed by atoms with Crippen LogP contribution in [0.4, 0.5) is 22.0 Å². The summed E-state index contributed by atoms with van der Waals surface area (Å²) >= 11 is 0.787. The highest BCUT2D eigenvalue weighted by Gasteiger charge is 2.56. The molecule has 0 fully saturated rings. The largest absolute Gasteiger partial charge is 0.459 e. The van der Waals surface area contributed by atoms with Crippen LogP contribution < -0.4 is 0 Å². The number of ether oxygens (including phenoxy) is 1. The SMILES string of the molecule is CC(C)CC(SCCC(F)(F)C(F)(F)F)C(=O)OC(C)(C)C. The van der Waals surface area contributed by atoms with E-state index in [9.17, 15) is 26.7 Å². The summed E-state index contributed by atoms with van der Waals surface area (Å²) in [5.74, 6) is -5.70. The second kappa shape index (κ2) is 7.84. The standard InChI is InChI=1S/C14H23F5O2S/c1-9(2)8-10(11(20)21-12(3,4)5)22-7-6-13(15,16)14(17,18)19/h9-10H,6-8H2,1-5H3. The lowest BCUT2D eigenvalue weighted by Gasteiger charge is -2.25. The molecule has 1 unspecified atom stereocenters. The lowest BCUT2D eigenvalue weighted by molar-refractivity contribution is -0.282. The van der Waals surface area contributed by atoms with Gasteiger partial charge in [-0.15, -0.1) is 11.8 Å². The van der Waals surface area contributed by atoms with Crippen LogP contribution in [0.2, 0.25) is 0 Å². The van der Waals surface area contributed by atoms with Crippen molar-refractivity contribution in [1.29, 1.82) is 0 Å². The molecular weight excluding hydrogens is 327 g/mol. The Morgan fingerprint density at radius 3 is 1.95 bits per heavy atom. The zero-order valence-electron chi connectivity index (χ0n) is 13.4. The second-order valence-corrected chi connectivity index (χ2v) is 7.79. The smallest absolute Gasteiger partial charge is 0.453 e. The molecule has 0 saturated heterocycles. The fourth-order valence-electron chi connectivity index (χ4n) is 1.50. The van der Waals surface area contributed by atoms with E-state index in [-0.39, 0.29) is 5.92 Å². The Hall–Kier alpha value is -0.530. The molecule has 0 rings (SSSR count). The van der Waals surface area contributed by atoms with E-state index in [4.69, 9.17) is 4.74 Å². The second-order valence-electron chi connectivity index (χ2n) is 6.47. The Morgan fingerprint density at radius 2 is 1.59 bits per heavy atom. The molecule has 0 radical (unpaired) electrons. The third kappa shape index (κ3) is 8.19. The maximum Gasteiger partial charge on any atom is 0.453 e. The Bertz CT molecular complexity index is 361. The van der Waals surface area contributed by atoms with Gasteiger partial charge in [0, 0.05) is 12.2 Å². The normalized spacial score (nSPS) is 15.0. The first kappa shape index (κ1) is 21.5. The number of carbonyl (C=O) groups is 1. The zero-order valence-corrected chi connectivity index (χ0v) is 14.2. The van der Waals surface area contributed by atoms with E-state index < -0.39 is 41.1 Å². The van der Waals surface area contributed by atoms with Gasteiger partial charge in [-0.1, -0.05) is 13.8 Å². The van der Waals surface area contributed by atoms with Crippen LogP contribution in [0.15, 0.2) is 0 Å². The monoisotopic (exact) mass is 350 g/mol. The predicted molar refractivity (Wildman–Crippen MR) is 77.2 cm³/mol. The summed E-state index contributed by atoms with van der Waals surface area (Å²) in [7, 11) is 0. The Morgan fingerprint density at radius 1 is 1.09 bits per heavy atom. The van der Waals surface area contributed by atoms with E-state index >= 15 is 0 Å². The summed E-state index contributed by atoms with van der Waals surface area (Å²) in [6.45, 7) is 8.67. The molecule has 0 N–H and O–H groups in total. The summed E-state index contributed by atoms with van der Waals surface area (Å²) in [5, 5.41) is -0.747. The van der Waals surface area contributed by atoms with Crippen molar-refractivity contribution in [2.75, 3.05) is 5.75 Å². The van der Waals surface area contributed by atoms with Gasteiger partial charge in [0.15, 0.2) is 0 Å². The average molecular weight is 350 g/mol. The molecule has 0 aromatic rings. The fraction of sp³-hybridized carbons (Fsp3) is 0.929. The summed E-state index contributed by atoms with van der Waals surface area (Å²) in [4.78, 5) is 12.0. The van der Waals surface area contributed by atoms with Crippen molar-refractivity contribution in [1.82, 2.24) is 0 Å². The third-order valence-corrected chi connectivity index (χ3v) is 3.73. The topological polar surface area (TPSA) is 26.3 Å². The number of hydrogen-bond donors (Lipinski definition) is 0. The molecule has 0 aromatic carbocycles. The minimum absolute atomic E-state index is 0.0909. The van der Waals surface area contributed by atoms with Crippen molar-refractivity contribution in [3.8, 4) is 0 Å². The van der Waals surface area contributed by atoms with Gasteiger partial charge in [0.25, 0.3) is 0 Å². The van der Waals surface area contributed by atoms with E-state index in [1.54, 1.807) is 20.8 Å². The molecule has 1 atom stereocenters. The van der Waals surface area contributed by atoms with Crippen molar-refractivity contribution >= 4 is 17.7 Å². The Balaban J connectivity index is 4.65. The molecule has 22 heavy (non-hydrogen) atoms. The van der Waals surface area contributed by atoms with Crippen molar-refractivity contribution < 1.29 is 31.5 Å². The number of alkyl halides is 5. The molecular formula is C14H23F5O2S. The number of thioether (sulfide) groups is 1.